The summed E-state index contributed by atoms with van der Waals surface area (Å²) in [5, 5.41) is 9.14. The number of carboxylic acid groups (broad SMARTS) is 1. The molecule has 4 heteroatoms. The Hall–Kier alpha value is -1.84. The third kappa shape index (κ3) is 1.25. The maximum atomic E-state index is 13.2. The van der Waals surface area contributed by atoms with E-state index in [1.807, 2.05) is 0 Å². The number of aromatic nitrogens is 1. The number of fused-ring (bicyclic) bond motifs is 1. The van der Waals surface area contributed by atoms with Crippen LogP contribution in [0.25, 0.3) is 10.9 Å². The van der Waals surface area contributed by atoms with Gasteiger partial charge >= 0.3 is 5.97 Å². The van der Waals surface area contributed by atoms with Gasteiger partial charge in [0.2, 0.25) is 6.17 Å². The Labute approximate surface area is 79.2 Å². The molecule has 0 spiro atoms. The van der Waals surface area contributed by atoms with Gasteiger partial charge in [-0.15, -0.1) is 0 Å². The van der Waals surface area contributed by atoms with E-state index < -0.39 is 12.1 Å². The molecular weight excluding hydrogens is 185 g/mol. The zero-order valence-electron chi connectivity index (χ0n) is 7.20. The van der Waals surface area contributed by atoms with Crippen molar-refractivity contribution < 1.29 is 14.3 Å². The predicted molar refractivity (Wildman–Crippen MR) is 49.8 cm³/mol. The summed E-state index contributed by atoms with van der Waals surface area (Å²) in [6.07, 6.45) is -0.574. The van der Waals surface area contributed by atoms with Crippen LogP contribution in [0.2, 0.25) is 0 Å². The van der Waals surface area contributed by atoms with Gasteiger partial charge in [0.25, 0.3) is 0 Å². The summed E-state index contributed by atoms with van der Waals surface area (Å²) in [5.41, 5.74) is 0.916. The average molecular weight is 193 g/mol. The topological polar surface area (TPSA) is 53.1 Å². The minimum atomic E-state index is -1.97. The molecule has 3 nitrogen and oxygen atoms in total. The SMILES string of the molecule is O=C(O)C(F)c1c[nH]c2ccccc12. The van der Waals surface area contributed by atoms with Gasteiger partial charge in [-0.2, -0.15) is 0 Å². The van der Waals surface area contributed by atoms with E-state index in [-0.39, 0.29) is 5.56 Å². The molecule has 72 valence electrons. The number of benzene rings is 1. The molecule has 0 radical (unpaired) electrons. The first-order chi connectivity index (χ1) is 6.70. The molecule has 1 unspecified atom stereocenters. The number of alkyl halides is 1. The smallest absolute Gasteiger partial charge is 0.343 e. The number of hydrogen-bond acceptors (Lipinski definition) is 1. The normalized spacial score (nSPS) is 12.9. The number of rotatable bonds is 2. The molecule has 2 aromatic rings. The molecule has 0 aliphatic heterocycles. The molecule has 0 bridgehead atoms. The molecule has 1 heterocycles. The summed E-state index contributed by atoms with van der Waals surface area (Å²) in [7, 11) is 0. The molecule has 14 heavy (non-hydrogen) atoms. The van der Waals surface area contributed by atoms with Gasteiger partial charge in [0.05, 0.1) is 0 Å². The van der Waals surface area contributed by atoms with E-state index in [0.717, 1.165) is 5.52 Å². The van der Waals surface area contributed by atoms with Crippen LogP contribution >= 0.6 is 0 Å². The maximum Gasteiger partial charge on any atom is 0.343 e. The number of hydrogen-bond donors (Lipinski definition) is 2. The van der Waals surface area contributed by atoms with Gasteiger partial charge in [-0.1, -0.05) is 18.2 Å². The lowest BCUT2D eigenvalue weighted by Gasteiger charge is -1.99. The van der Waals surface area contributed by atoms with Gasteiger partial charge in [0, 0.05) is 22.7 Å². The van der Waals surface area contributed by atoms with Crippen molar-refractivity contribution in [2.45, 2.75) is 6.17 Å². The van der Waals surface area contributed by atoms with E-state index in [0.29, 0.717) is 5.39 Å². The Kier molecular flexibility index (Phi) is 1.96. The van der Waals surface area contributed by atoms with Crippen molar-refractivity contribution in [3.8, 4) is 0 Å². The van der Waals surface area contributed by atoms with Gasteiger partial charge < -0.3 is 10.1 Å². The second-order valence-corrected chi connectivity index (χ2v) is 2.99. The highest BCUT2D eigenvalue weighted by molar-refractivity contribution is 5.88. The van der Waals surface area contributed by atoms with Crippen molar-refractivity contribution >= 4 is 16.9 Å². The molecule has 2 N–H and O–H groups in total. The number of para-hydroxylation sites is 1. The number of aromatic amines is 1. The fourth-order valence-corrected chi connectivity index (χ4v) is 1.44. The van der Waals surface area contributed by atoms with Gasteiger partial charge in [-0.3, -0.25) is 0 Å². The first kappa shape index (κ1) is 8.74. The summed E-state index contributed by atoms with van der Waals surface area (Å²) in [6.45, 7) is 0. The van der Waals surface area contributed by atoms with Crippen LogP contribution in [0.3, 0.4) is 0 Å². The van der Waals surface area contributed by atoms with E-state index in [2.05, 4.69) is 4.98 Å². The molecule has 0 amide bonds. The quantitative estimate of drug-likeness (QED) is 0.768. The van der Waals surface area contributed by atoms with Crippen LogP contribution in [0.15, 0.2) is 30.5 Å². The van der Waals surface area contributed by atoms with E-state index in [9.17, 15) is 9.18 Å². The molecule has 2 rings (SSSR count). The Morgan fingerprint density at radius 3 is 2.86 bits per heavy atom. The number of carboxylic acids is 1. The third-order valence-corrected chi connectivity index (χ3v) is 2.11. The second kappa shape index (κ2) is 3.14. The first-order valence-corrected chi connectivity index (χ1v) is 4.13. The Balaban J connectivity index is 2.58. The van der Waals surface area contributed by atoms with Crippen LogP contribution in [0.1, 0.15) is 11.7 Å². The summed E-state index contributed by atoms with van der Waals surface area (Å²) in [5.74, 6) is -1.46. The fourth-order valence-electron chi connectivity index (χ4n) is 1.44. The molecule has 1 aromatic carbocycles. The van der Waals surface area contributed by atoms with Crippen molar-refractivity contribution in [1.29, 1.82) is 0 Å². The lowest BCUT2D eigenvalue weighted by Crippen LogP contribution is -2.04. The highest BCUT2D eigenvalue weighted by atomic mass is 19.1. The Bertz CT molecular complexity index is 478. The second-order valence-electron chi connectivity index (χ2n) is 2.99. The highest BCUT2D eigenvalue weighted by Gasteiger charge is 2.21. The first-order valence-electron chi connectivity index (χ1n) is 4.13. The fraction of sp³-hybridized carbons (Fsp3) is 0.100. The third-order valence-electron chi connectivity index (χ3n) is 2.11. The highest BCUT2D eigenvalue weighted by Crippen LogP contribution is 2.26. The van der Waals surface area contributed by atoms with Gasteiger partial charge in [0.1, 0.15) is 0 Å². The van der Waals surface area contributed by atoms with Crippen molar-refractivity contribution in [2.75, 3.05) is 0 Å². The van der Waals surface area contributed by atoms with E-state index in [1.54, 1.807) is 24.3 Å². The zero-order chi connectivity index (χ0) is 10.1. The molecule has 0 aliphatic carbocycles. The summed E-state index contributed by atoms with van der Waals surface area (Å²) in [4.78, 5) is 13.3. The van der Waals surface area contributed by atoms with Crippen LogP contribution in [-0.2, 0) is 4.79 Å². The minimum Gasteiger partial charge on any atom is -0.479 e. The predicted octanol–water partition coefficient (Wildman–Crippen LogP) is 2.26. The summed E-state index contributed by atoms with van der Waals surface area (Å²) >= 11 is 0. The lowest BCUT2D eigenvalue weighted by molar-refractivity contribution is -0.142. The molecular formula is C10H8FNO2. The van der Waals surface area contributed by atoms with Crippen LogP contribution in [0, 0.1) is 0 Å². The molecule has 0 saturated carbocycles. The van der Waals surface area contributed by atoms with Crippen molar-refractivity contribution in [3.05, 3.63) is 36.0 Å². The largest absolute Gasteiger partial charge is 0.479 e. The molecule has 0 aliphatic rings. The van der Waals surface area contributed by atoms with E-state index >= 15 is 0 Å². The van der Waals surface area contributed by atoms with Gasteiger partial charge in [-0.25, -0.2) is 9.18 Å². The van der Waals surface area contributed by atoms with Gasteiger partial charge in [-0.05, 0) is 6.07 Å². The standard InChI is InChI=1S/C10H8FNO2/c11-9(10(13)14)7-5-12-8-4-2-1-3-6(7)8/h1-5,9,12H,(H,13,14). The summed E-state index contributed by atoms with van der Waals surface area (Å²) < 4.78 is 13.2. The minimum absolute atomic E-state index is 0.174. The van der Waals surface area contributed by atoms with E-state index in [4.69, 9.17) is 5.11 Å². The Morgan fingerprint density at radius 2 is 2.14 bits per heavy atom. The molecule has 1 atom stereocenters. The summed E-state index contributed by atoms with van der Waals surface area (Å²) in [6, 6.07) is 7.01. The number of H-pyrrole nitrogens is 1. The number of carbonyl (C=O) groups is 1. The van der Waals surface area contributed by atoms with Crippen LogP contribution in [0.5, 0.6) is 0 Å². The molecule has 1 aromatic heterocycles. The lowest BCUT2D eigenvalue weighted by atomic mass is 10.1. The average Bonchev–Trinajstić information content (AvgIpc) is 2.60. The van der Waals surface area contributed by atoms with E-state index in [1.165, 1.54) is 6.20 Å². The Morgan fingerprint density at radius 1 is 1.43 bits per heavy atom. The van der Waals surface area contributed by atoms with Crippen molar-refractivity contribution in [1.82, 2.24) is 4.98 Å². The monoisotopic (exact) mass is 193 g/mol. The maximum absolute atomic E-state index is 13.2. The van der Waals surface area contributed by atoms with Gasteiger partial charge in [0.15, 0.2) is 0 Å². The molecule has 0 fully saturated rings. The van der Waals surface area contributed by atoms with Crippen LogP contribution < -0.4 is 0 Å². The number of aliphatic carboxylic acids is 1. The van der Waals surface area contributed by atoms with Crippen molar-refractivity contribution in [2.24, 2.45) is 0 Å². The molecule has 0 saturated heterocycles. The van der Waals surface area contributed by atoms with Crippen LogP contribution in [-0.4, -0.2) is 16.1 Å². The zero-order valence-corrected chi connectivity index (χ0v) is 7.20. The number of halogens is 1. The number of nitrogens with one attached hydrogen (secondary N) is 1. The van der Waals surface area contributed by atoms with Crippen molar-refractivity contribution in [3.63, 3.8) is 0 Å². The van der Waals surface area contributed by atoms with Crippen LogP contribution in [0.4, 0.5) is 4.39 Å².